The van der Waals surface area contributed by atoms with E-state index in [1.165, 1.54) is 6.33 Å². The van der Waals surface area contributed by atoms with E-state index in [4.69, 9.17) is 4.74 Å². The Kier molecular flexibility index (Phi) is 5.63. The fraction of sp³-hybridized carbons (Fsp3) is 0.667. The second-order valence-electron chi connectivity index (χ2n) is 7.17. The number of ether oxygens (including phenoxy) is 1. The minimum Gasteiger partial charge on any atom is -0.377 e. The molecule has 0 N–H and O–H groups in total. The van der Waals surface area contributed by atoms with Gasteiger partial charge in [-0.25, -0.2) is 9.97 Å². The van der Waals surface area contributed by atoms with Crippen molar-refractivity contribution in [1.29, 1.82) is 0 Å². The maximum atomic E-state index is 12.5. The smallest absolute Gasteiger partial charge is 0.227 e. The monoisotopic (exact) mass is 346 g/mol. The van der Waals surface area contributed by atoms with Crippen LogP contribution in [-0.2, 0) is 20.7 Å². The van der Waals surface area contributed by atoms with Gasteiger partial charge in [0, 0.05) is 51.9 Å². The van der Waals surface area contributed by atoms with Crippen LogP contribution in [0.2, 0.25) is 0 Å². The lowest BCUT2D eigenvalue weighted by Gasteiger charge is -2.43. The van der Waals surface area contributed by atoms with Crippen LogP contribution in [0.1, 0.15) is 24.8 Å². The summed E-state index contributed by atoms with van der Waals surface area (Å²) in [5.74, 6) is 0.433. The lowest BCUT2D eigenvalue weighted by molar-refractivity contribution is -0.150. The van der Waals surface area contributed by atoms with Gasteiger partial charge in [0.25, 0.3) is 0 Å². The summed E-state index contributed by atoms with van der Waals surface area (Å²) in [5.41, 5.74) is 0.975. The van der Waals surface area contributed by atoms with E-state index in [0.29, 0.717) is 26.0 Å². The number of rotatable bonds is 4. The van der Waals surface area contributed by atoms with E-state index in [1.54, 1.807) is 31.4 Å². The van der Waals surface area contributed by atoms with Gasteiger partial charge in [-0.2, -0.15) is 0 Å². The zero-order valence-corrected chi connectivity index (χ0v) is 14.9. The van der Waals surface area contributed by atoms with E-state index in [-0.39, 0.29) is 29.8 Å². The number of likely N-dealkylation sites (tertiary alicyclic amines) is 1. The molecule has 7 nitrogen and oxygen atoms in total. The number of aryl methyl sites for hydroxylation is 1. The largest absolute Gasteiger partial charge is 0.377 e. The van der Waals surface area contributed by atoms with Gasteiger partial charge in [-0.05, 0) is 24.8 Å². The van der Waals surface area contributed by atoms with Crippen molar-refractivity contribution in [3.63, 3.8) is 0 Å². The molecule has 0 aromatic carbocycles. The fourth-order valence-corrected chi connectivity index (χ4v) is 3.76. The highest BCUT2D eigenvalue weighted by Gasteiger charge is 2.39. The molecule has 0 aliphatic carbocycles. The SMILES string of the molecule is CN(C)C(=O)[C@@H]1CO[C@@H]2CCN(C(=O)CCc3cncnc3)C[C@@H]2C1. The molecule has 2 fully saturated rings. The summed E-state index contributed by atoms with van der Waals surface area (Å²) in [5, 5.41) is 0. The summed E-state index contributed by atoms with van der Waals surface area (Å²) in [4.78, 5) is 36.3. The molecule has 2 aliphatic rings. The maximum absolute atomic E-state index is 12.5. The van der Waals surface area contributed by atoms with Crippen LogP contribution in [-0.4, -0.2) is 71.5 Å². The molecule has 1 aromatic heterocycles. The minimum atomic E-state index is -0.0900. The molecule has 7 heteroatoms. The molecule has 2 amide bonds. The molecule has 2 aliphatic heterocycles. The molecule has 2 saturated heterocycles. The number of hydrogen-bond donors (Lipinski definition) is 0. The zero-order valence-electron chi connectivity index (χ0n) is 14.9. The normalized spacial score (nSPS) is 26.0. The van der Waals surface area contributed by atoms with Gasteiger partial charge < -0.3 is 14.5 Å². The van der Waals surface area contributed by atoms with Crippen LogP contribution in [0.5, 0.6) is 0 Å². The number of aromatic nitrogens is 2. The predicted octanol–water partition coefficient (Wildman–Crippen LogP) is 0.751. The van der Waals surface area contributed by atoms with Crippen molar-refractivity contribution in [3.8, 4) is 0 Å². The molecule has 0 spiro atoms. The van der Waals surface area contributed by atoms with E-state index < -0.39 is 0 Å². The Morgan fingerprint density at radius 2 is 2.08 bits per heavy atom. The Morgan fingerprint density at radius 3 is 2.80 bits per heavy atom. The van der Waals surface area contributed by atoms with Crippen LogP contribution in [0.3, 0.4) is 0 Å². The first kappa shape index (κ1) is 17.8. The minimum absolute atomic E-state index is 0.0900. The second-order valence-corrected chi connectivity index (χ2v) is 7.17. The molecule has 0 saturated carbocycles. The van der Waals surface area contributed by atoms with E-state index >= 15 is 0 Å². The lowest BCUT2D eigenvalue weighted by atomic mass is 9.83. The average molecular weight is 346 g/mol. The number of amides is 2. The highest BCUT2D eigenvalue weighted by molar-refractivity contribution is 5.78. The van der Waals surface area contributed by atoms with Gasteiger partial charge in [-0.3, -0.25) is 9.59 Å². The van der Waals surface area contributed by atoms with Crippen molar-refractivity contribution >= 4 is 11.8 Å². The van der Waals surface area contributed by atoms with E-state index in [9.17, 15) is 9.59 Å². The standard InChI is InChI=1S/C18H26N4O3/c1-21(2)18(24)15-7-14-10-22(6-5-16(14)25-11-15)17(23)4-3-13-8-19-12-20-9-13/h8-9,12,14-16H,3-7,10-11H2,1-2H3/t14-,15-,16+/m0/s1. The molecule has 0 radical (unpaired) electrons. The highest BCUT2D eigenvalue weighted by atomic mass is 16.5. The molecule has 1 aromatic rings. The van der Waals surface area contributed by atoms with Gasteiger partial charge in [-0.1, -0.05) is 0 Å². The third-order valence-corrected chi connectivity index (χ3v) is 5.15. The van der Waals surface area contributed by atoms with Crippen molar-refractivity contribution in [2.75, 3.05) is 33.8 Å². The zero-order chi connectivity index (χ0) is 17.8. The van der Waals surface area contributed by atoms with Crippen LogP contribution >= 0.6 is 0 Å². The van der Waals surface area contributed by atoms with E-state index in [1.807, 2.05) is 4.90 Å². The molecule has 3 heterocycles. The molecule has 3 atom stereocenters. The third-order valence-electron chi connectivity index (χ3n) is 5.15. The van der Waals surface area contributed by atoms with Crippen molar-refractivity contribution in [3.05, 3.63) is 24.3 Å². The Bertz CT molecular complexity index is 608. The lowest BCUT2D eigenvalue weighted by Crippen LogP contribution is -2.51. The Balaban J connectivity index is 1.53. The first-order valence-electron chi connectivity index (χ1n) is 8.89. The summed E-state index contributed by atoms with van der Waals surface area (Å²) >= 11 is 0. The topological polar surface area (TPSA) is 75.6 Å². The number of carbonyl (C=O) groups is 2. The van der Waals surface area contributed by atoms with Crippen molar-refractivity contribution in [2.24, 2.45) is 11.8 Å². The average Bonchev–Trinajstić information content (AvgIpc) is 2.65. The van der Waals surface area contributed by atoms with E-state index in [2.05, 4.69) is 9.97 Å². The van der Waals surface area contributed by atoms with Gasteiger partial charge in [0.2, 0.25) is 11.8 Å². The number of nitrogens with zero attached hydrogens (tertiary/aromatic N) is 4. The highest BCUT2D eigenvalue weighted by Crippen LogP contribution is 2.32. The second kappa shape index (κ2) is 7.91. The van der Waals surface area contributed by atoms with Crippen molar-refractivity contribution in [1.82, 2.24) is 19.8 Å². The van der Waals surface area contributed by atoms with E-state index in [0.717, 1.165) is 24.9 Å². The number of carbonyl (C=O) groups excluding carboxylic acids is 2. The van der Waals surface area contributed by atoms with Gasteiger partial charge in [0.1, 0.15) is 6.33 Å². The molecule has 3 rings (SSSR count). The Hall–Kier alpha value is -2.02. The first-order valence-corrected chi connectivity index (χ1v) is 8.89. The molecule has 0 unspecified atom stereocenters. The summed E-state index contributed by atoms with van der Waals surface area (Å²) in [6.45, 7) is 1.92. The maximum Gasteiger partial charge on any atom is 0.227 e. The molecule has 0 bridgehead atoms. The van der Waals surface area contributed by atoms with Crippen LogP contribution in [0.4, 0.5) is 0 Å². The Labute approximate surface area is 148 Å². The predicted molar refractivity (Wildman–Crippen MR) is 91.6 cm³/mol. The molecule has 25 heavy (non-hydrogen) atoms. The van der Waals surface area contributed by atoms with Crippen LogP contribution < -0.4 is 0 Å². The van der Waals surface area contributed by atoms with Crippen LogP contribution in [0, 0.1) is 11.8 Å². The fourth-order valence-electron chi connectivity index (χ4n) is 3.76. The van der Waals surface area contributed by atoms with Gasteiger partial charge in [0.05, 0.1) is 18.6 Å². The quantitative estimate of drug-likeness (QED) is 0.804. The third kappa shape index (κ3) is 4.34. The molecular weight excluding hydrogens is 320 g/mol. The summed E-state index contributed by atoms with van der Waals surface area (Å²) in [7, 11) is 3.55. The van der Waals surface area contributed by atoms with Crippen LogP contribution in [0.25, 0.3) is 0 Å². The molecular formula is C18H26N4O3. The van der Waals surface area contributed by atoms with Crippen LogP contribution in [0.15, 0.2) is 18.7 Å². The first-order chi connectivity index (χ1) is 12.0. The summed E-state index contributed by atoms with van der Waals surface area (Å²) < 4.78 is 5.92. The number of fused-ring (bicyclic) bond motifs is 1. The van der Waals surface area contributed by atoms with Crippen molar-refractivity contribution < 1.29 is 14.3 Å². The Morgan fingerprint density at radius 1 is 1.32 bits per heavy atom. The van der Waals surface area contributed by atoms with Gasteiger partial charge >= 0.3 is 0 Å². The summed E-state index contributed by atoms with van der Waals surface area (Å²) in [6.07, 6.45) is 7.94. The summed E-state index contributed by atoms with van der Waals surface area (Å²) in [6, 6.07) is 0. The number of piperidine rings is 1. The van der Waals surface area contributed by atoms with Gasteiger partial charge in [0.15, 0.2) is 0 Å². The van der Waals surface area contributed by atoms with Crippen molar-refractivity contribution in [2.45, 2.75) is 31.8 Å². The number of hydrogen-bond acceptors (Lipinski definition) is 5. The molecule has 136 valence electrons. The van der Waals surface area contributed by atoms with Gasteiger partial charge in [-0.15, -0.1) is 0 Å².